The minimum Gasteiger partial charge on any atom is -0.393 e. The highest BCUT2D eigenvalue weighted by atomic mass is 16.3. The maximum atomic E-state index is 13.6. The number of aliphatic hydroxyl groups is 2. The van der Waals surface area contributed by atoms with Gasteiger partial charge in [-0.1, -0.05) is 109 Å². The van der Waals surface area contributed by atoms with Crippen molar-refractivity contribution in [2.24, 2.45) is 5.92 Å². The monoisotopic (exact) mass is 491 g/mol. The Kier molecular flexibility index (Phi) is 7.79. The van der Waals surface area contributed by atoms with Gasteiger partial charge in [0, 0.05) is 12.3 Å². The summed E-state index contributed by atoms with van der Waals surface area (Å²) >= 11 is 0. The molecule has 4 atom stereocenters. The number of amides is 1. The first kappa shape index (κ1) is 24.9. The number of fused-ring (bicyclic) bond motifs is 1. The number of carbonyl (C=O) groups excluding carboxylic acids is 1. The lowest BCUT2D eigenvalue weighted by Gasteiger charge is -2.25. The van der Waals surface area contributed by atoms with Crippen molar-refractivity contribution >= 4 is 5.91 Å². The Hall–Kier alpha value is -3.73. The maximum Gasteiger partial charge on any atom is 0.224 e. The van der Waals surface area contributed by atoms with Gasteiger partial charge in [0.1, 0.15) is 0 Å². The van der Waals surface area contributed by atoms with Crippen molar-refractivity contribution in [3.63, 3.8) is 0 Å². The fourth-order valence-corrected chi connectivity index (χ4v) is 5.46. The molecule has 4 nitrogen and oxygen atoms in total. The molecule has 1 amide bonds. The van der Waals surface area contributed by atoms with E-state index >= 15 is 0 Å². The Morgan fingerprint density at radius 2 is 1.46 bits per heavy atom. The molecule has 5 rings (SSSR count). The molecule has 1 aliphatic rings. The van der Waals surface area contributed by atoms with Crippen molar-refractivity contribution < 1.29 is 15.0 Å². The molecule has 0 aliphatic heterocycles. The summed E-state index contributed by atoms with van der Waals surface area (Å²) in [5.41, 5.74) is 6.35. The van der Waals surface area contributed by atoms with Gasteiger partial charge in [0.15, 0.2) is 0 Å². The number of hydrogen-bond acceptors (Lipinski definition) is 3. The van der Waals surface area contributed by atoms with Crippen molar-refractivity contribution in [2.75, 3.05) is 0 Å². The van der Waals surface area contributed by atoms with Gasteiger partial charge in [-0.3, -0.25) is 4.79 Å². The molecule has 3 N–H and O–H groups in total. The lowest BCUT2D eigenvalue weighted by Crippen LogP contribution is -2.39. The van der Waals surface area contributed by atoms with Gasteiger partial charge in [0.2, 0.25) is 5.91 Å². The predicted octanol–water partition coefficient (Wildman–Crippen LogP) is 5.28. The summed E-state index contributed by atoms with van der Waals surface area (Å²) in [6.07, 6.45) is 0.497. The molecule has 37 heavy (non-hydrogen) atoms. The molecule has 1 aliphatic carbocycles. The molecule has 0 saturated heterocycles. The van der Waals surface area contributed by atoms with Gasteiger partial charge in [-0.15, -0.1) is 0 Å². The summed E-state index contributed by atoms with van der Waals surface area (Å²) in [6.45, 7) is 0. The molecule has 0 aromatic heterocycles. The third-order valence-electron chi connectivity index (χ3n) is 7.31. The minimum atomic E-state index is -0.690. The number of nitrogens with one attached hydrogen (secondary N) is 1. The van der Waals surface area contributed by atoms with Crippen molar-refractivity contribution in [3.05, 3.63) is 131 Å². The standard InChI is InChI=1S/C33H33NO3/c35-28(20-25-15-7-9-17-29(25)24-13-5-2-6-14-24)21-27(19-23-11-3-1-4-12-23)33(37)34-32-30-18-10-8-16-26(30)22-31(32)36/h1-18,27-28,31-32,35-36H,19-22H2,(H,34,37)/t27-,28-,31-,32+/m1/s1. The highest BCUT2D eigenvalue weighted by molar-refractivity contribution is 5.80. The Morgan fingerprint density at radius 3 is 2.24 bits per heavy atom. The average molecular weight is 492 g/mol. The molecular weight excluding hydrogens is 458 g/mol. The summed E-state index contributed by atoms with van der Waals surface area (Å²) < 4.78 is 0. The van der Waals surface area contributed by atoms with E-state index in [0.29, 0.717) is 25.7 Å². The second-order valence-electron chi connectivity index (χ2n) is 9.96. The van der Waals surface area contributed by atoms with Crippen LogP contribution in [0.3, 0.4) is 0 Å². The zero-order chi connectivity index (χ0) is 25.6. The summed E-state index contributed by atoms with van der Waals surface area (Å²) in [5, 5.41) is 25.0. The first-order valence-electron chi connectivity index (χ1n) is 13.0. The quantitative estimate of drug-likeness (QED) is 0.298. The van der Waals surface area contributed by atoms with Crippen LogP contribution in [0, 0.1) is 5.92 Å². The van der Waals surface area contributed by atoms with Crippen LogP contribution in [0.1, 0.15) is 34.7 Å². The van der Waals surface area contributed by atoms with E-state index in [4.69, 9.17) is 0 Å². The smallest absolute Gasteiger partial charge is 0.224 e. The van der Waals surface area contributed by atoms with Gasteiger partial charge >= 0.3 is 0 Å². The second-order valence-corrected chi connectivity index (χ2v) is 9.96. The summed E-state index contributed by atoms with van der Waals surface area (Å²) in [4.78, 5) is 13.6. The Balaban J connectivity index is 1.34. The van der Waals surface area contributed by atoms with E-state index in [-0.39, 0.29) is 5.91 Å². The average Bonchev–Trinajstić information content (AvgIpc) is 3.24. The lowest BCUT2D eigenvalue weighted by atomic mass is 9.88. The highest BCUT2D eigenvalue weighted by Crippen LogP contribution is 2.32. The summed E-state index contributed by atoms with van der Waals surface area (Å²) in [7, 11) is 0. The van der Waals surface area contributed by atoms with Gasteiger partial charge in [-0.25, -0.2) is 0 Å². The Morgan fingerprint density at radius 1 is 0.811 bits per heavy atom. The summed E-state index contributed by atoms with van der Waals surface area (Å²) in [5.74, 6) is -0.568. The third-order valence-corrected chi connectivity index (χ3v) is 7.31. The van der Waals surface area contributed by atoms with Crippen LogP contribution in [0.4, 0.5) is 0 Å². The maximum absolute atomic E-state index is 13.6. The molecule has 0 heterocycles. The molecular formula is C33H33NO3. The topological polar surface area (TPSA) is 69.6 Å². The zero-order valence-corrected chi connectivity index (χ0v) is 20.8. The van der Waals surface area contributed by atoms with E-state index in [9.17, 15) is 15.0 Å². The Labute approximate surface area is 218 Å². The molecule has 4 heteroatoms. The van der Waals surface area contributed by atoms with E-state index < -0.39 is 24.2 Å². The Bertz CT molecular complexity index is 1320. The SMILES string of the molecule is O=C(N[C@H]1c2ccccc2C[C@H]1O)[C@H](Cc1ccccc1)C[C@H](O)Cc1ccccc1-c1ccccc1. The van der Waals surface area contributed by atoms with Crippen LogP contribution < -0.4 is 5.32 Å². The molecule has 0 radical (unpaired) electrons. The number of aliphatic hydroxyl groups excluding tert-OH is 2. The third kappa shape index (κ3) is 5.99. The van der Waals surface area contributed by atoms with Gasteiger partial charge in [-0.2, -0.15) is 0 Å². The fourth-order valence-electron chi connectivity index (χ4n) is 5.46. The van der Waals surface area contributed by atoms with Gasteiger partial charge in [0.05, 0.1) is 18.2 Å². The number of carbonyl (C=O) groups is 1. The van der Waals surface area contributed by atoms with Crippen LogP contribution in [0.5, 0.6) is 0 Å². The van der Waals surface area contributed by atoms with Crippen molar-refractivity contribution in [2.45, 2.75) is 43.9 Å². The second kappa shape index (κ2) is 11.5. The first-order valence-corrected chi connectivity index (χ1v) is 13.0. The van der Waals surface area contributed by atoms with Crippen LogP contribution in [0.25, 0.3) is 11.1 Å². The van der Waals surface area contributed by atoms with Crippen molar-refractivity contribution in [1.29, 1.82) is 0 Å². The van der Waals surface area contributed by atoms with Gasteiger partial charge in [0.25, 0.3) is 0 Å². The largest absolute Gasteiger partial charge is 0.393 e. The minimum absolute atomic E-state index is 0.139. The number of rotatable bonds is 9. The molecule has 188 valence electrons. The molecule has 4 aromatic carbocycles. The van der Waals surface area contributed by atoms with Gasteiger partial charge in [-0.05, 0) is 52.6 Å². The van der Waals surface area contributed by atoms with Crippen LogP contribution in [0.15, 0.2) is 109 Å². The lowest BCUT2D eigenvalue weighted by molar-refractivity contribution is -0.127. The van der Waals surface area contributed by atoms with E-state index in [1.807, 2.05) is 91.0 Å². The molecule has 0 saturated carbocycles. The molecule has 0 unspecified atom stereocenters. The van der Waals surface area contributed by atoms with Crippen LogP contribution >= 0.6 is 0 Å². The normalized spacial score (nSPS) is 18.1. The van der Waals surface area contributed by atoms with Crippen LogP contribution in [0.2, 0.25) is 0 Å². The van der Waals surface area contributed by atoms with E-state index in [1.165, 1.54) is 0 Å². The van der Waals surface area contributed by atoms with E-state index in [0.717, 1.165) is 33.4 Å². The number of hydrogen-bond donors (Lipinski definition) is 3. The highest BCUT2D eigenvalue weighted by Gasteiger charge is 2.34. The van der Waals surface area contributed by atoms with Crippen LogP contribution in [-0.4, -0.2) is 28.3 Å². The van der Waals surface area contributed by atoms with Crippen LogP contribution in [-0.2, 0) is 24.1 Å². The molecule has 0 spiro atoms. The van der Waals surface area contributed by atoms with Crippen molar-refractivity contribution in [3.8, 4) is 11.1 Å². The molecule has 0 fully saturated rings. The first-order chi connectivity index (χ1) is 18.1. The summed E-state index contributed by atoms with van der Waals surface area (Å²) in [6, 6.07) is 35.6. The van der Waals surface area contributed by atoms with E-state index in [2.05, 4.69) is 23.5 Å². The van der Waals surface area contributed by atoms with E-state index in [1.54, 1.807) is 0 Å². The van der Waals surface area contributed by atoms with Gasteiger partial charge < -0.3 is 15.5 Å². The molecule has 0 bridgehead atoms. The molecule has 4 aromatic rings. The van der Waals surface area contributed by atoms with Crippen molar-refractivity contribution in [1.82, 2.24) is 5.32 Å². The predicted molar refractivity (Wildman–Crippen MR) is 147 cm³/mol. The zero-order valence-electron chi connectivity index (χ0n) is 20.8. The number of benzene rings is 4. The fraction of sp³-hybridized carbons (Fsp3) is 0.242.